The molecule has 0 unspecified atom stereocenters. The van der Waals surface area contributed by atoms with E-state index in [1.165, 1.54) is 0 Å². The van der Waals surface area contributed by atoms with E-state index < -0.39 is 0 Å². The third-order valence-corrected chi connectivity index (χ3v) is 5.75. The van der Waals surface area contributed by atoms with Crippen LogP contribution in [0.15, 0.2) is 18.2 Å². The number of urea groups is 1. The Morgan fingerprint density at radius 1 is 1.43 bits per heavy atom. The molecule has 4 nitrogen and oxygen atoms in total. The fourth-order valence-electron chi connectivity index (χ4n) is 2.35. The molecule has 0 saturated carbocycles. The van der Waals surface area contributed by atoms with Gasteiger partial charge in [0.05, 0.1) is 0 Å². The van der Waals surface area contributed by atoms with E-state index in [-0.39, 0.29) is 10.8 Å². The van der Waals surface area contributed by atoms with Crippen molar-refractivity contribution in [3.8, 4) is 0 Å². The van der Waals surface area contributed by atoms with Crippen molar-refractivity contribution in [1.82, 2.24) is 5.32 Å². The lowest BCUT2D eigenvalue weighted by atomic mass is 9.99. The van der Waals surface area contributed by atoms with E-state index in [1.807, 2.05) is 25.1 Å². The zero-order valence-electron chi connectivity index (χ0n) is 12.4. The van der Waals surface area contributed by atoms with Crippen LogP contribution in [-0.4, -0.2) is 36.8 Å². The maximum Gasteiger partial charge on any atom is 0.319 e. The van der Waals surface area contributed by atoms with Crippen LogP contribution in [0.1, 0.15) is 18.4 Å². The SMILES string of the molecule is CSC1(CNC(=O)Nc2cccc(Cl)c2C)CCOCC1. The molecule has 0 radical (unpaired) electrons. The Balaban J connectivity index is 1.91. The van der Waals surface area contributed by atoms with Gasteiger partial charge in [0, 0.05) is 35.2 Å². The molecule has 2 rings (SSSR count). The summed E-state index contributed by atoms with van der Waals surface area (Å²) >= 11 is 7.86. The summed E-state index contributed by atoms with van der Waals surface area (Å²) in [7, 11) is 0. The standard InChI is InChI=1S/C15H21ClN2O2S/c1-11-12(16)4-3-5-13(11)18-14(19)17-10-15(21-2)6-8-20-9-7-15/h3-5H,6-10H2,1-2H3,(H2,17,18,19). The summed E-state index contributed by atoms with van der Waals surface area (Å²) in [5.74, 6) is 0. The molecule has 0 aliphatic carbocycles. The summed E-state index contributed by atoms with van der Waals surface area (Å²) in [4.78, 5) is 12.1. The topological polar surface area (TPSA) is 50.4 Å². The second-order valence-corrected chi connectivity index (χ2v) is 6.90. The highest BCUT2D eigenvalue weighted by Crippen LogP contribution is 2.33. The Hall–Kier alpha value is -0.910. The average molecular weight is 329 g/mol. The highest BCUT2D eigenvalue weighted by atomic mass is 35.5. The Morgan fingerprint density at radius 3 is 2.81 bits per heavy atom. The van der Waals surface area contributed by atoms with E-state index in [0.29, 0.717) is 11.6 Å². The van der Waals surface area contributed by atoms with Gasteiger partial charge < -0.3 is 15.4 Å². The quantitative estimate of drug-likeness (QED) is 0.886. The van der Waals surface area contributed by atoms with Crippen LogP contribution >= 0.6 is 23.4 Å². The number of hydrogen-bond acceptors (Lipinski definition) is 3. The van der Waals surface area contributed by atoms with Gasteiger partial charge in [0.25, 0.3) is 0 Å². The van der Waals surface area contributed by atoms with Crippen LogP contribution in [0.5, 0.6) is 0 Å². The number of thioether (sulfide) groups is 1. The molecule has 0 bridgehead atoms. The molecule has 0 aromatic heterocycles. The van der Waals surface area contributed by atoms with Gasteiger partial charge in [-0.2, -0.15) is 11.8 Å². The molecule has 21 heavy (non-hydrogen) atoms. The molecule has 2 N–H and O–H groups in total. The van der Waals surface area contributed by atoms with E-state index in [1.54, 1.807) is 11.8 Å². The van der Waals surface area contributed by atoms with Gasteiger partial charge in [-0.25, -0.2) is 4.79 Å². The van der Waals surface area contributed by atoms with Crippen molar-refractivity contribution >= 4 is 35.1 Å². The van der Waals surface area contributed by atoms with Crippen molar-refractivity contribution in [2.24, 2.45) is 0 Å². The predicted octanol–water partition coefficient (Wildman–Crippen LogP) is 3.68. The molecule has 1 aromatic carbocycles. The second-order valence-electron chi connectivity index (χ2n) is 5.22. The fraction of sp³-hybridized carbons (Fsp3) is 0.533. The molecule has 1 aliphatic heterocycles. The Bertz CT molecular complexity index is 504. The highest BCUT2D eigenvalue weighted by molar-refractivity contribution is 8.00. The average Bonchev–Trinajstić information content (AvgIpc) is 2.51. The minimum atomic E-state index is -0.194. The smallest absolute Gasteiger partial charge is 0.319 e. The lowest BCUT2D eigenvalue weighted by Crippen LogP contribution is -2.45. The molecule has 1 aliphatic rings. The van der Waals surface area contributed by atoms with Gasteiger partial charge in [-0.1, -0.05) is 17.7 Å². The fourth-order valence-corrected chi connectivity index (χ4v) is 3.31. The van der Waals surface area contributed by atoms with Gasteiger partial charge in [-0.3, -0.25) is 0 Å². The molecular weight excluding hydrogens is 308 g/mol. The summed E-state index contributed by atoms with van der Waals surface area (Å²) in [5, 5.41) is 6.48. The van der Waals surface area contributed by atoms with Gasteiger partial charge >= 0.3 is 6.03 Å². The van der Waals surface area contributed by atoms with Crippen molar-refractivity contribution in [2.75, 3.05) is 31.3 Å². The van der Waals surface area contributed by atoms with Crippen molar-refractivity contribution in [3.05, 3.63) is 28.8 Å². The van der Waals surface area contributed by atoms with Crippen molar-refractivity contribution in [2.45, 2.75) is 24.5 Å². The van der Waals surface area contributed by atoms with E-state index in [4.69, 9.17) is 16.3 Å². The zero-order valence-corrected chi connectivity index (χ0v) is 13.9. The summed E-state index contributed by atoms with van der Waals surface area (Å²) in [6.45, 7) is 4.05. The molecule has 1 fully saturated rings. The highest BCUT2D eigenvalue weighted by Gasteiger charge is 2.32. The lowest BCUT2D eigenvalue weighted by Gasteiger charge is -2.35. The third-order valence-electron chi connectivity index (χ3n) is 3.92. The number of carbonyl (C=O) groups is 1. The number of carbonyl (C=O) groups excluding carboxylic acids is 1. The Kier molecular flexibility index (Phi) is 5.79. The molecule has 116 valence electrons. The van der Waals surface area contributed by atoms with E-state index in [9.17, 15) is 4.79 Å². The number of rotatable bonds is 4. The molecular formula is C15H21ClN2O2S. The predicted molar refractivity (Wildman–Crippen MR) is 89.5 cm³/mol. The minimum Gasteiger partial charge on any atom is -0.381 e. The first-order chi connectivity index (χ1) is 10.1. The Morgan fingerprint density at radius 2 is 2.14 bits per heavy atom. The van der Waals surface area contributed by atoms with E-state index in [0.717, 1.165) is 37.3 Å². The monoisotopic (exact) mass is 328 g/mol. The summed E-state index contributed by atoms with van der Waals surface area (Å²) < 4.78 is 5.48. The van der Waals surface area contributed by atoms with Gasteiger partial charge in [-0.15, -0.1) is 0 Å². The normalized spacial score (nSPS) is 17.3. The van der Waals surface area contributed by atoms with Gasteiger partial charge in [0.15, 0.2) is 0 Å². The number of halogens is 1. The molecule has 1 heterocycles. The van der Waals surface area contributed by atoms with Crippen molar-refractivity contribution in [1.29, 1.82) is 0 Å². The number of hydrogen-bond donors (Lipinski definition) is 2. The van der Waals surface area contributed by atoms with Crippen LogP contribution in [0.4, 0.5) is 10.5 Å². The van der Waals surface area contributed by atoms with E-state index >= 15 is 0 Å². The first kappa shape index (κ1) is 16.5. The molecule has 0 atom stereocenters. The zero-order chi connectivity index (χ0) is 15.3. The van der Waals surface area contributed by atoms with Gasteiger partial charge in [0.2, 0.25) is 0 Å². The van der Waals surface area contributed by atoms with Crippen LogP contribution < -0.4 is 10.6 Å². The largest absolute Gasteiger partial charge is 0.381 e. The third kappa shape index (κ3) is 4.28. The van der Waals surface area contributed by atoms with Crippen LogP contribution in [0.2, 0.25) is 5.02 Å². The van der Waals surface area contributed by atoms with Gasteiger partial charge in [-0.05, 0) is 43.7 Å². The number of benzene rings is 1. The van der Waals surface area contributed by atoms with E-state index in [2.05, 4.69) is 16.9 Å². The maximum atomic E-state index is 12.1. The van der Waals surface area contributed by atoms with Gasteiger partial charge in [0.1, 0.15) is 0 Å². The first-order valence-electron chi connectivity index (χ1n) is 6.99. The van der Waals surface area contributed by atoms with Crippen LogP contribution in [0, 0.1) is 6.92 Å². The summed E-state index contributed by atoms with van der Waals surface area (Å²) in [5.41, 5.74) is 1.62. The van der Waals surface area contributed by atoms with Crippen molar-refractivity contribution < 1.29 is 9.53 Å². The summed E-state index contributed by atoms with van der Waals surface area (Å²) in [6.07, 6.45) is 4.02. The number of nitrogens with one attached hydrogen (secondary N) is 2. The molecule has 2 amide bonds. The molecule has 1 saturated heterocycles. The van der Waals surface area contributed by atoms with Crippen LogP contribution in [0.3, 0.4) is 0 Å². The first-order valence-corrected chi connectivity index (χ1v) is 8.59. The molecule has 6 heteroatoms. The second kappa shape index (κ2) is 7.38. The number of anilines is 1. The Labute approximate surface area is 135 Å². The molecule has 0 spiro atoms. The van der Waals surface area contributed by atoms with Crippen LogP contribution in [-0.2, 0) is 4.74 Å². The molecule has 1 aromatic rings. The number of ether oxygens (including phenoxy) is 1. The summed E-state index contributed by atoms with van der Waals surface area (Å²) in [6, 6.07) is 5.29. The van der Waals surface area contributed by atoms with Crippen LogP contribution in [0.25, 0.3) is 0 Å². The maximum absolute atomic E-state index is 12.1. The van der Waals surface area contributed by atoms with Crippen molar-refractivity contribution in [3.63, 3.8) is 0 Å². The number of amides is 2. The lowest BCUT2D eigenvalue weighted by molar-refractivity contribution is 0.0778. The minimum absolute atomic E-state index is 0.0823.